The molecule has 136 valence electrons. The third-order valence-electron chi connectivity index (χ3n) is 4.71. The Hall–Kier alpha value is -2.90. The van der Waals surface area contributed by atoms with Gasteiger partial charge in [0.25, 0.3) is 0 Å². The van der Waals surface area contributed by atoms with Crippen molar-refractivity contribution >= 4 is 12.0 Å². The van der Waals surface area contributed by atoms with Crippen LogP contribution in [0.3, 0.4) is 0 Å². The van der Waals surface area contributed by atoms with E-state index in [9.17, 15) is 9.59 Å². The van der Waals surface area contributed by atoms with E-state index >= 15 is 0 Å². The molecule has 0 saturated carbocycles. The van der Waals surface area contributed by atoms with Crippen molar-refractivity contribution in [3.63, 3.8) is 0 Å². The highest BCUT2D eigenvalue weighted by Crippen LogP contribution is 2.12. The average molecular weight is 355 g/mol. The summed E-state index contributed by atoms with van der Waals surface area (Å²) in [7, 11) is 0. The first-order valence-electron chi connectivity index (χ1n) is 8.85. The van der Waals surface area contributed by atoms with Crippen LogP contribution in [0.5, 0.6) is 0 Å². The summed E-state index contributed by atoms with van der Waals surface area (Å²) in [5, 5.41) is 4.60. The van der Waals surface area contributed by atoms with Crippen LogP contribution in [-0.4, -0.2) is 69.4 Å². The summed E-state index contributed by atoms with van der Waals surface area (Å²) >= 11 is 0. The Morgan fingerprint density at radius 1 is 1.12 bits per heavy atom. The predicted molar refractivity (Wildman–Crippen MR) is 92.5 cm³/mol. The molecular formula is C18H21N5O3. The second-order valence-corrected chi connectivity index (χ2v) is 6.50. The third-order valence-corrected chi connectivity index (χ3v) is 4.71. The number of benzene rings is 1. The summed E-state index contributed by atoms with van der Waals surface area (Å²) in [6.45, 7) is 2.69. The van der Waals surface area contributed by atoms with Crippen molar-refractivity contribution in [3.05, 3.63) is 47.5 Å². The topological polar surface area (TPSA) is 80.6 Å². The Morgan fingerprint density at radius 3 is 2.73 bits per heavy atom. The smallest absolute Gasteiger partial charge is 0.410 e. The summed E-state index contributed by atoms with van der Waals surface area (Å²) in [5.74, 6) is 1.66. The number of amides is 2. The number of rotatable bonds is 4. The first kappa shape index (κ1) is 16.6. The number of nitrogens with zero attached hydrogens (tertiary/aromatic N) is 5. The highest BCUT2D eigenvalue weighted by Gasteiger charge is 2.27. The van der Waals surface area contributed by atoms with Crippen molar-refractivity contribution in [2.45, 2.75) is 19.4 Å². The number of carbonyl (C=O) groups excluding carboxylic acids is 2. The molecule has 0 N–H and O–H groups in total. The fourth-order valence-electron chi connectivity index (χ4n) is 3.29. The molecule has 0 radical (unpaired) electrons. The predicted octanol–water partition coefficient (Wildman–Crippen LogP) is 0.706. The lowest BCUT2D eigenvalue weighted by Crippen LogP contribution is -2.42. The number of hydrogen-bond donors (Lipinski definition) is 0. The number of fused-ring (bicyclic) bond motifs is 1. The molecule has 0 bridgehead atoms. The highest BCUT2D eigenvalue weighted by atomic mass is 16.6. The fraction of sp³-hybridized carbons (Fsp3) is 0.444. The number of aromatic nitrogens is 3. The maximum absolute atomic E-state index is 12.5. The lowest BCUT2D eigenvalue weighted by Gasteiger charge is -2.22. The van der Waals surface area contributed by atoms with Crippen LogP contribution in [0.25, 0.3) is 0 Å². The van der Waals surface area contributed by atoms with E-state index in [1.54, 1.807) is 4.90 Å². The zero-order valence-corrected chi connectivity index (χ0v) is 14.5. The van der Waals surface area contributed by atoms with E-state index in [2.05, 4.69) is 22.2 Å². The molecule has 0 atom stereocenters. The zero-order chi connectivity index (χ0) is 17.9. The first-order chi connectivity index (χ1) is 12.7. The van der Waals surface area contributed by atoms with E-state index in [0.29, 0.717) is 45.6 Å². The van der Waals surface area contributed by atoms with Crippen LogP contribution in [-0.2, 0) is 28.9 Å². The van der Waals surface area contributed by atoms with E-state index in [1.165, 1.54) is 10.5 Å². The van der Waals surface area contributed by atoms with E-state index in [4.69, 9.17) is 4.74 Å². The molecule has 26 heavy (non-hydrogen) atoms. The van der Waals surface area contributed by atoms with Gasteiger partial charge in [0, 0.05) is 25.9 Å². The van der Waals surface area contributed by atoms with E-state index < -0.39 is 6.09 Å². The normalized spacial score (nSPS) is 17.0. The van der Waals surface area contributed by atoms with Gasteiger partial charge in [-0.2, -0.15) is 5.10 Å². The van der Waals surface area contributed by atoms with Gasteiger partial charge in [-0.3, -0.25) is 9.69 Å². The van der Waals surface area contributed by atoms with E-state index in [0.717, 1.165) is 11.6 Å². The van der Waals surface area contributed by atoms with Crippen LogP contribution in [0.2, 0.25) is 0 Å². The molecule has 3 heterocycles. The molecule has 4 rings (SSSR count). The number of cyclic esters (lactones) is 1. The maximum Gasteiger partial charge on any atom is 0.410 e. The molecule has 1 fully saturated rings. The summed E-state index contributed by atoms with van der Waals surface area (Å²) < 4.78 is 6.77. The van der Waals surface area contributed by atoms with Gasteiger partial charge in [0.2, 0.25) is 5.91 Å². The Balaban J connectivity index is 1.36. The molecule has 8 nitrogen and oxygen atoms in total. The van der Waals surface area contributed by atoms with Crippen molar-refractivity contribution in [2.75, 3.05) is 32.8 Å². The van der Waals surface area contributed by atoms with Crippen LogP contribution >= 0.6 is 0 Å². The standard InChI is InChI=1S/C18H21N5O3/c24-17(13-22-10-11-26-18(22)25)21-7-6-16-19-15(20-23(16)9-8-21)12-14-4-2-1-3-5-14/h1-5H,6-13H2. The minimum absolute atomic E-state index is 0.0564. The molecule has 1 aromatic heterocycles. The lowest BCUT2D eigenvalue weighted by molar-refractivity contribution is -0.131. The van der Waals surface area contributed by atoms with Gasteiger partial charge in [-0.25, -0.2) is 14.5 Å². The van der Waals surface area contributed by atoms with Gasteiger partial charge >= 0.3 is 6.09 Å². The molecule has 0 unspecified atom stereocenters. The maximum atomic E-state index is 12.5. The van der Waals surface area contributed by atoms with Crippen molar-refractivity contribution < 1.29 is 14.3 Å². The summed E-state index contributed by atoms with van der Waals surface area (Å²) in [6.07, 6.45) is 0.965. The molecule has 0 aliphatic carbocycles. The van der Waals surface area contributed by atoms with Gasteiger partial charge < -0.3 is 9.64 Å². The second-order valence-electron chi connectivity index (χ2n) is 6.50. The summed E-state index contributed by atoms with van der Waals surface area (Å²) in [6, 6.07) is 10.1. The molecular weight excluding hydrogens is 334 g/mol. The third kappa shape index (κ3) is 3.54. The molecule has 2 aromatic rings. The largest absolute Gasteiger partial charge is 0.448 e. The van der Waals surface area contributed by atoms with Crippen molar-refractivity contribution in [1.82, 2.24) is 24.6 Å². The van der Waals surface area contributed by atoms with Crippen LogP contribution in [0, 0.1) is 0 Å². The second kappa shape index (κ2) is 7.15. The quantitative estimate of drug-likeness (QED) is 0.807. The molecule has 0 spiro atoms. The Bertz CT molecular complexity index is 779. The summed E-state index contributed by atoms with van der Waals surface area (Å²) in [4.78, 5) is 31.8. The van der Waals surface area contributed by atoms with Gasteiger partial charge in [0.05, 0.1) is 13.1 Å². The van der Waals surface area contributed by atoms with Gasteiger partial charge in [-0.1, -0.05) is 30.3 Å². The first-order valence-corrected chi connectivity index (χ1v) is 8.85. The SMILES string of the molecule is O=C(CN1CCOC1=O)N1CCc2nc(Cc3ccccc3)nn2CC1. The van der Waals surface area contributed by atoms with Crippen LogP contribution in [0.15, 0.2) is 30.3 Å². The zero-order valence-electron chi connectivity index (χ0n) is 14.5. The van der Waals surface area contributed by atoms with Crippen LogP contribution in [0.1, 0.15) is 17.2 Å². The Morgan fingerprint density at radius 2 is 1.96 bits per heavy atom. The number of ether oxygens (including phenoxy) is 1. The number of hydrogen-bond acceptors (Lipinski definition) is 5. The van der Waals surface area contributed by atoms with E-state index in [1.807, 2.05) is 22.9 Å². The minimum atomic E-state index is -0.409. The number of carbonyl (C=O) groups is 2. The van der Waals surface area contributed by atoms with Crippen LogP contribution < -0.4 is 0 Å². The Labute approximate surface area is 151 Å². The van der Waals surface area contributed by atoms with Gasteiger partial charge in [0.15, 0.2) is 5.82 Å². The Kier molecular flexibility index (Phi) is 4.55. The van der Waals surface area contributed by atoms with Crippen molar-refractivity contribution in [1.29, 1.82) is 0 Å². The lowest BCUT2D eigenvalue weighted by atomic mass is 10.1. The monoisotopic (exact) mass is 355 g/mol. The van der Waals surface area contributed by atoms with Crippen molar-refractivity contribution in [3.8, 4) is 0 Å². The molecule has 2 amide bonds. The van der Waals surface area contributed by atoms with Gasteiger partial charge in [-0.15, -0.1) is 0 Å². The average Bonchev–Trinajstić information content (AvgIpc) is 3.16. The molecule has 2 aliphatic rings. The molecule has 1 aromatic carbocycles. The molecule has 8 heteroatoms. The van der Waals surface area contributed by atoms with Gasteiger partial charge in [0.1, 0.15) is 19.0 Å². The molecule has 1 saturated heterocycles. The van der Waals surface area contributed by atoms with Crippen LogP contribution in [0.4, 0.5) is 4.79 Å². The fourth-order valence-corrected chi connectivity index (χ4v) is 3.29. The van der Waals surface area contributed by atoms with E-state index in [-0.39, 0.29) is 12.5 Å². The minimum Gasteiger partial charge on any atom is -0.448 e. The van der Waals surface area contributed by atoms with Crippen molar-refractivity contribution in [2.24, 2.45) is 0 Å². The highest BCUT2D eigenvalue weighted by molar-refractivity contribution is 5.82. The summed E-state index contributed by atoms with van der Waals surface area (Å²) in [5.41, 5.74) is 1.18. The molecule has 2 aliphatic heterocycles. The van der Waals surface area contributed by atoms with Gasteiger partial charge in [-0.05, 0) is 5.56 Å².